The standard InChI is InChI=1S/C14H11BrClNO/c15-11-4-1-9(2-5-11)7-14(18)10-3-6-12(16)13(17)8-10/h1-6,8H,7,17H2. The molecule has 0 aliphatic carbocycles. The molecule has 92 valence electrons. The lowest BCUT2D eigenvalue weighted by Crippen LogP contribution is -2.04. The quantitative estimate of drug-likeness (QED) is 0.682. The molecule has 0 fully saturated rings. The van der Waals surface area contributed by atoms with E-state index in [1.54, 1.807) is 18.2 Å². The molecule has 2 nitrogen and oxygen atoms in total. The third-order valence-electron chi connectivity index (χ3n) is 2.60. The molecule has 0 aliphatic rings. The second-order valence-electron chi connectivity index (χ2n) is 3.96. The average molecular weight is 325 g/mol. The Morgan fingerprint density at radius 2 is 1.83 bits per heavy atom. The molecule has 0 heterocycles. The van der Waals surface area contributed by atoms with Crippen molar-refractivity contribution in [3.05, 3.63) is 63.1 Å². The van der Waals surface area contributed by atoms with Gasteiger partial charge < -0.3 is 5.73 Å². The van der Waals surface area contributed by atoms with Crippen molar-refractivity contribution in [2.75, 3.05) is 5.73 Å². The van der Waals surface area contributed by atoms with Crippen LogP contribution in [0.4, 0.5) is 5.69 Å². The smallest absolute Gasteiger partial charge is 0.167 e. The molecule has 0 atom stereocenters. The Labute approximate surface area is 119 Å². The van der Waals surface area contributed by atoms with Gasteiger partial charge in [0.15, 0.2) is 5.78 Å². The van der Waals surface area contributed by atoms with Crippen molar-refractivity contribution in [1.82, 2.24) is 0 Å². The van der Waals surface area contributed by atoms with Gasteiger partial charge in [-0.1, -0.05) is 39.7 Å². The van der Waals surface area contributed by atoms with Crippen molar-refractivity contribution < 1.29 is 4.79 Å². The Morgan fingerprint density at radius 3 is 2.44 bits per heavy atom. The van der Waals surface area contributed by atoms with E-state index in [2.05, 4.69) is 15.9 Å². The highest BCUT2D eigenvalue weighted by Gasteiger charge is 2.08. The molecular weight excluding hydrogens is 314 g/mol. The van der Waals surface area contributed by atoms with Crippen molar-refractivity contribution in [1.29, 1.82) is 0 Å². The summed E-state index contributed by atoms with van der Waals surface area (Å²) in [6, 6.07) is 12.6. The maximum atomic E-state index is 12.1. The average Bonchev–Trinajstić information content (AvgIpc) is 2.35. The van der Waals surface area contributed by atoms with Gasteiger partial charge in [-0.15, -0.1) is 0 Å². The maximum absolute atomic E-state index is 12.1. The van der Waals surface area contributed by atoms with Gasteiger partial charge in [-0.25, -0.2) is 0 Å². The number of Topliss-reactive ketones (excluding diaryl/α,β-unsaturated/α-hetero) is 1. The van der Waals surface area contributed by atoms with Crippen LogP contribution in [0.15, 0.2) is 46.9 Å². The molecular formula is C14H11BrClNO. The highest BCUT2D eigenvalue weighted by atomic mass is 79.9. The number of nitrogens with two attached hydrogens (primary N) is 1. The third kappa shape index (κ3) is 3.12. The van der Waals surface area contributed by atoms with Crippen molar-refractivity contribution in [2.24, 2.45) is 0 Å². The number of carbonyl (C=O) groups excluding carboxylic acids is 1. The molecule has 0 aromatic heterocycles. The third-order valence-corrected chi connectivity index (χ3v) is 3.47. The zero-order chi connectivity index (χ0) is 13.1. The van der Waals surface area contributed by atoms with Gasteiger partial charge in [-0.05, 0) is 35.9 Å². The van der Waals surface area contributed by atoms with Crippen molar-refractivity contribution in [3.63, 3.8) is 0 Å². The van der Waals surface area contributed by atoms with Crippen LogP contribution in [0.2, 0.25) is 5.02 Å². The minimum atomic E-state index is 0.0284. The van der Waals surface area contributed by atoms with E-state index in [1.807, 2.05) is 24.3 Å². The Morgan fingerprint density at radius 1 is 1.17 bits per heavy atom. The highest BCUT2D eigenvalue weighted by molar-refractivity contribution is 9.10. The van der Waals surface area contributed by atoms with Gasteiger partial charge in [0, 0.05) is 16.5 Å². The molecule has 0 saturated carbocycles. The van der Waals surface area contributed by atoms with Crippen molar-refractivity contribution in [2.45, 2.75) is 6.42 Å². The Hall–Kier alpha value is -1.32. The summed E-state index contributed by atoms with van der Waals surface area (Å²) in [6.45, 7) is 0. The zero-order valence-electron chi connectivity index (χ0n) is 9.49. The van der Waals surface area contributed by atoms with Crippen LogP contribution in [0, 0.1) is 0 Å². The molecule has 4 heteroatoms. The molecule has 2 aromatic rings. The van der Waals surface area contributed by atoms with Crippen LogP contribution in [-0.4, -0.2) is 5.78 Å². The molecule has 0 aliphatic heterocycles. The topological polar surface area (TPSA) is 43.1 Å². The largest absolute Gasteiger partial charge is 0.398 e. The Bertz CT molecular complexity index is 581. The number of hydrogen-bond acceptors (Lipinski definition) is 2. The monoisotopic (exact) mass is 323 g/mol. The van der Waals surface area contributed by atoms with Gasteiger partial charge in [-0.3, -0.25) is 4.79 Å². The summed E-state index contributed by atoms with van der Waals surface area (Å²) >= 11 is 9.18. The van der Waals surface area contributed by atoms with E-state index in [1.165, 1.54) is 0 Å². The number of carbonyl (C=O) groups is 1. The molecule has 0 saturated heterocycles. The number of benzene rings is 2. The summed E-state index contributed by atoms with van der Waals surface area (Å²) in [7, 11) is 0. The first kappa shape index (κ1) is 13.1. The number of halogens is 2. The minimum absolute atomic E-state index is 0.0284. The van der Waals surface area contributed by atoms with Crippen LogP contribution >= 0.6 is 27.5 Å². The van der Waals surface area contributed by atoms with E-state index in [0.29, 0.717) is 22.7 Å². The molecule has 0 unspecified atom stereocenters. The van der Waals surface area contributed by atoms with Crippen molar-refractivity contribution >= 4 is 39.0 Å². The lowest BCUT2D eigenvalue weighted by Gasteiger charge is -2.04. The first-order valence-electron chi connectivity index (χ1n) is 5.39. The van der Waals surface area contributed by atoms with Gasteiger partial charge in [0.1, 0.15) is 0 Å². The fourth-order valence-electron chi connectivity index (χ4n) is 1.61. The second-order valence-corrected chi connectivity index (χ2v) is 5.29. The Kier molecular flexibility index (Phi) is 4.04. The van der Waals surface area contributed by atoms with E-state index in [0.717, 1.165) is 10.0 Å². The van der Waals surface area contributed by atoms with Crippen LogP contribution in [0.3, 0.4) is 0 Å². The predicted octanol–water partition coefficient (Wildman–Crippen LogP) is 4.11. The number of ketones is 1. The molecule has 0 radical (unpaired) electrons. The zero-order valence-corrected chi connectivity index (χ0v) is 11.8. The molecule has 2 rings (SSSR count). The lowest BCUT2D eigenvalue weighted by molar-refractivity contribution is 0.0993. The fourth-order valence-corrected chi connectivity index (χ4v) is 1.99. The van der Waals surface area contributed by atoms with Crippen LogP contribution in [-0.2, 0) is 6.42 Å². The van der Waals surface area contributed by atoms with Gasteiger partial charge in [0.05, 0.1) is 10.7 Å². The van der Waals surface area contributed by atoms with Gasteiger partial charge in [0.2, 0.25) is 0 Å². The van der Waals surface area contributed by atoms with Crippen LogP contribution in [0.5, 0.6) is 0 Å². The first-order chi connectivity index (χ1) is 8.56. The summed E-state index contributed by atoms with van der Waals surface area (Å²) in [6.07, 6.45) is 0.356. The highest BCUT2D eigenvalue weighted by Crippen LogP contribution is 2.20. The summed E-state index contributed by atoms with van der Waals surface area (Å²) < 4.78 is 0.995. The number of anilines is 1. The minimum Gasteiger partial charge on any atom is -0.398 e. The van der Waals surface area contributed by atoms with E-state index < -0.39 is 0 Å². The molecule has 0 bridgehead atoms. The fraction of sp³-hybridized carbons (Fsp3) is 0.0714. The summed E-state index contributed by atoms with van der Waals surface area (Å²) in [5, 5.41) is 0.468. The molecule has 18 heavy (non-hydrogen) atoms. The molecule has 2 aromatic carbocycles. The molecule has 0 amide bonds. The van der Waals surface area contributed by atoms with Gasteiger partial charge >= 0.3 is 0 Å². The predicted molar refractivity (Wildman–Crippen MR) is 78.0 cm³/mol. The van der Waals surface area contributed by atoms with E-state index in [9.17, 15) is 4.79 Å². The lowest BCUT2D eigenvalue weighted by atomic mass is 10.0. The SMILES string of the molecule is Nc1cc(C(=O)Cc2ccc(Br)cc2)ccc1Cl. The van der Waals surface area contributed by atoms with Crippen LogP contribution in [0.1, 0.15) is 15.9 Å². The van der Waals surface area contributed by atoms with E-state index >= 15 is 0 Å². The summed E-state index contributed by atoms with van der Waals surface area (Å²) in [4.78, 5) is 12.1. The number of hydrogen-bond donors (Lipinski definition) is 1. The van der Waals surface area contributed by atoms with Crippen molar-refractivity contribution in [3.8, 4) is 0 Å². The first-order valence-corrected chi connectivity index (χ1v) is 6.56. The molecule has 2 N–H and O–H groups in total. The summed E-state index contributed by atoms with van der Waals surface area (Å²) in [5.41, 5.74) is 7.66. The number of nitrogen functional groups attached to an aromatic ring is 1. The van der Waals surface area contributed by atoms with Crippen LogP contribution < -0.4 is 5.73 Å². The number of rotatable bonds is 3. The van der Waals surface area contributed by atoms with E-state index in [-0.39, 0.29) is 5.78 Å². The second kappa shape index (κ2) is 5.55. The summed E-state index contributed by atoms with van der Waals surface area (Å²) in [5.74, 6) is 0.0284. The maximum Gasteiger partial charge on any atom is 0.167 e. The normalized spacial score (nSPS) is 10.3. The molecule has 0 spiro atoms. The van der Waals surface area contributed by atoms with Gasteiger partial charge in [0.25, 0.3) is 0 Å². The van der Waals surface area contributed by atoms with E-state index in [4.69, 9.17) is 17.3 Å². The Balaban J connectivity index is 2.16. The van der Waals surface area contributed by atoms with Gasteiger partial charge in [-0.2, -0.15) is 0 Å². The van der Waals surface area contributed by atoms with Crippen LogP contribution in [0.25, 0.3) is 0 Å².